The maximum Gasteiger partial charge on any atom is 0.191 e. The van der Waals surface area contributed by atoms with Crippen molar-refractivity contribution in [2.45, 2.75) is 51.2 Å². The molecule has 1 unspecified atom stereocenters. The monoisotopic (exact) mass is 369 g/mol. The van der Waals surface area contributed by atoms with Crippen LogP contribution < -0.4 is 10.6 Å². The second-order valence-electron chi connectivity index (χ2n) is 7.93. The SMILES string of the molecule is CCNC(=NCC(C)(O)CN1CCOCC1)NCCN(C)C1CCCC1. The number of morpholine rings is 1. The molecule has 0 aromatic carbocycles. The van der Waals surface area contributed by atoms with Crippen molar-refractivity contribution in [3.8, 4) is 0 Å². The predicted octanol–water partition coefficient (Wildman–Crippen LogP) is 0.499. The third-order valence-electron chi connectivity index (χ3n) is 5.29. The molecule has 26 heavy (non-hydrogen) atoms. The summed E-state index contributed by atoms with van der Waals surface area (Å²) >= 11 is 0. The molecule has 0 aromatic rings. The van der Waals surface area contributed by atoms with Gasteiger partial charge in [-0.25, -0.2) is 0 Å². The van der Waals surface area contributed by atoms with E-state index in [9.17, 15) is 5.11 Å². The molecule has 0 aromatic heterocycles. The molecular weight excluding hydrogens is 330 g/mol. The van der Waals surface area contributed by atoms with Gasteiger partial charge in [0.05, 0.1) is 25.4 Å². The Morgan fingerprint density at radius 2 is 1.96 bits per heavy atom. The maximum absolute atomic E-state index is 10.7. The van der Waals surface area contributed by atoms with Gasteiger partial charge < -0.3 is 25.4 Å². The van der Waals surface area contributed by atoms with Crippen LogP contribution in [0.5, 0.6) is 0 Å². The van der Waals surface area contributed by atoms with Gasteiger partial charge in [0, 0.05) is 45.3 Å². The molecule has 0 spiro atoms. The van der Waals surface area contributed by atoms with Gasteiger partial charge in [-0.1, -0.05) is 12.8 Å². The Labute approximate surface area is 159 Å². The lowest BCUT2D eigenvalue weighted by molar-refractivity contribution is -0.0179. The highest BCUT2D eigenvalue weighted by Crippen LogP contribution is 2.21. The van der Waals surface area contributed by atoms with Crippen LogP contribution in [0.2, 0.25) is 0 Å². The average molecular weight is 370 g/mol. The zero-order chi connectivity index (χ0) is 18.8. The molecule has 1 saturated heterocycles. The Bertz CT molecular complexity index is 418. The molecule has 2 aliphatic rings. The van der Waals surface area contributed by atoms with Gasteiger partial charge in [-0.2, -0.15) is 0 Å². The summed E-state index contributed by atoms with van der Waals surface area (Å²) in [7, 11) is 2.22. The fourth-order valence-corrected chi connectivity index (χ4v) is 3.76. The van der Waals surface area contributed by atoms with Gasteiger partial charge in [0.2, 0.25) is 0 Å². The minimum Gasteiger partial charge on any atom is -0.387 e. The summed E-state index contributed by atoms with van der Waals surface area (Å²) in [5, 5.41) is 17.4. The quantitative estimate of drug-likeness (QED) is 0.406. The van der Waals surface area contributed by atoms with E-state index in [1.165, 1.54) is 25.7 Å². The molecule has 0 amide bonds. The highest BCUT2D eigenvalue weighted by molar-refractivity contribution is 5.79. The Balaban J connectivity index is 1.74. The molecule has 0 bridgehead atoms. The number of likely N-dealkylation sites (N-methyl/N-ethyl adjacent to an activating group) is 1. The Hall–Kier alpha value is -0.890. The van der Waals surface area contributed by atoms with Crippen LogP contribution in [-0.2, 0) is 4.74 Å². The van der Waals surface area contributed by atoms with Crippen LogP contribution in [0.3, 0.4) is 0 Å². The van der Waals surface area contributed by atoms with Crippen LogP contribution in [0.4, 0.5) is 0 Å². The number of ether oxygens (including phenoxy) is 1. The first-order valence-electron chi connectivity index (χ1n) is 10.2. The summed E-state index contributed by atoms with van der Waals surface area (Å²) in [6, 6.07) is 0.741. The fourth-order valence-electron chi connectivity index (χ4n) is 3.76. The van der Waals surface area contributed by atoms with E-state index < -0.39 is 5.60 Å². The third-order valence-corrected chi connectivity index (χ3v) is 5.29. The Kier molecular flexibility index (Phi) is 9.11. The standard InChI is InChI=1S/C19H39N5O2/c1-4-20-18(21-9-10-23(3)17-7-5-6-8-17)22-15-19(2,25)16-24-11-13-26-14-12-24/h17,25H,4-16H2,1-3H3,(H2,20,21,22). The van der Waals surface area contributed by atoms with Crippen molar-refractivity contribution in [2.75, 3.05) is 66.1 Å². The van der Waals surface area contributed by atoms with E-state index in [-0.39, 0.29) is 0 Å². The van der Waals surface area contributed by atoms with Crippen molar-refractivity contribution in [3.05, 3.63) is 0 Å². The van der Waals surface area contributed by atoms with Crippen molar-refractivity contribution < 1.29 is 9.84 Å². The number of β-amino-alcohol motifs (C(OH)–C–C–N with tert-alkyl or cyclic N) is 1. The molecule has 3 N–H and O–H groups in total. The molecule has 1 saturated carbocycles. The first-order chi connectivity index (χ1) is 12.5. The minimum absolute atomic E-state index is 0.387. The number of nitrogens with one attached hydrogen (secondary N) is 2. The molecule has 1 heterocycles. The van der Waals surface area contributed by atoms with Gasteiger partial charge >= 0.3 is 0 Å². The first kappa shape index (κ1) is 21.4. The zero-order valence-electron chi connectivity index (χ0n) is 17.0. The van der Waals surface area contributed by atoms with Gasteiger partial charge in [0.25, 0.3) is 0 Å². The summed E-state index contributed by atoms with van der Waals surface area (Å²) in [5.41, 5.74) is -0.833. The summed E-state index contributed by atoms with van der Waals surface area (Å²) in [5.74, 6) is 0.787. The molecular formula is C19H39N5O2. The molecule has 7 nitrogen and oxygen atoms in total. The van der Waals surface area contributed by atoms with Crippen molar-refractivity contribution >= 4 is 5.96 Å². The zero-order valence-corrected chi connectivity index (χ0v) is 17.0. The number of hydrogen-bond donors (Lipinski definition) is 3. The van der Waals surface area contributed by atoms with Crippen LogP contribution >= 0.6 is 0 Å². The van der Waals surface area contributed by atoms with Gasteiger partial charge in [0.15, 0.2) is 5.96 Å². The average Bonchev–Trinajstić information content (AvgIpc) is 3.15. The van der Waals surface area contributed by atoms with Crippen LogP contribution in [0.25, 0.3) is 0 Å². The normalized spacial score (nSPS) is 22.6. The van der Waals surface area contributed by atoms with Crippen molar-refractivity contribution in [1.29, 1.82) is 0 Å². The number of rotatable bonds is 9. The van der Waals surface area contributed by atoms with E-state index in [1.54, 1.807) is 0 Å². The van der Waals surface area contributed by atoms with Crippen LogP contribution in [0, 0.1) is 0 Å². The van der Waals surface area contributed by atoms with E-state index in [0.29, 0.717) is 13.1 Å². The number of guanidine groups is 1. The maximum atomic E-state index is 10.7. The van der Waals surface area contributed by atoms with Crippen molar-refractivity contribution in [1.82, 2.24) is 20.4 Å². The minimum atomic E-state index is -0.833. The smallest absolute Gasteiger partial charge is 0.191 e. The van der Waals surface area contributed by atoms with Crippen LogP contribution in [0.15, 0.2) is 4.99 Å². The summed E-state index contributed by atoms with van der Waals surface area (Å²) in [6.07, 6.45) is 5.39. The second kappa shape index (κ2) is 11.1. The molecule has 2 fully saturated rings. The summed E-state index contributed by atoms with van der Waals surface area (Å²) in [4.78, 5) is 9.32. The fraction of sp³-hybridized carbons (Fsp3) is 0.947. The summed E-state index contributed by atoms with van der Waals surface area (Å²) < 4.78 is 5.37. The second-order valence-corrected chi connectivity index (χ2v) is 7.93. The van der Waals surface area contributed by atoms with Crippen molar-refractivity contribution in [3.63, 3.8) is 0 Å². The predicted molar refractivity (Wildman–Crippen MR) is 107 cm³/mol. The molecule has 7 heteroatoms. The number of nitrogens with zero attached hydrogens (tertiary/aromatic N) is 3. The number of aliphatic hydroxyl groups is 1. The highest BCUT2D eigenvalue weighted by atomic mass is 16.5. The lowest BCUT2D eigenvalue weighted by Gasteiger charge is -2.33. The molecule has 0 radical (unpaired) electrons. The van der Waals surface area contributed by atoms with Gasteiger partial charge in [-0.3, -0.25) is 9.89 Å². The van der Waals surface area contributed by atoms with E-state index in [4.69, 9.17) is 4.74 Å². The number of aliphatic imine (C=N–C) groups is 1. The number of hydrogen-bond acceptors (Lipinski definition) is 5. The molecule has 1 aliphatic heterocycles. The van der Waals surface area contributed by atoms with E-state index >= 15 is 0 Å². The first-order valence-corrected chi connectivity index (χ1v) is 10.2. The van der Waals surface area contributed by atoms with E-state index in [1.807, 2.05) is 6.92 Å². The molecule has 2 rings (SSSR count). The molecule has 1 aliphatic carbocycles. The van der Waals surface area contributed by atoms with E-state index in [0.717, 1.165) is 57.9 Å². The summed E-state index contributed by atoms with van der Waals surface area (Å²) in [6.45, 7) is 10.9. The van der Waals surface area contributed by atoms with Gasteiger partial charge in [-0.05, 0) is 33.7 Å². The Morgan fingerprint density at radius 1 is 1.27 bits per heavy atom. The van der Waals surface area contributed by atoms with Gasteiger partial charge in [0.1, 0.15) is 0 Å². The van der Waals surface area contributed by atoms with Crippen LogP contribution in [-0.4, -0.2) is 98.6 Å². The molecule has 152 valence electrons. The lowest BCUT2D eigenvalue weighted by Crippen LogP contribution is -2.48. The highest BCUT2D eigenvalue weighted by Gasteiger charge is 2.25. The lowest BCUT2D eigenvalue weighted by atomic mass is 10.1. The third kappa shape index (κ3) is 7.78. The van der Waals surface area contributed by atoms with Crippen LogP contribution in [0.1, 0.15) is 39.5 Å². The van der Waals surface area contributed by atoms with Crippen molar-refractivity contribution in [2.24, 2.45) is 4.99 Å². The Morgan fingerprint density at radius 3 is 2.62 bits per heavy atom. The molecule has 1 atom stereocenters. The largest absolute Gasteiger partial charge is 0.387 e. The van der Waals surface area contributed by atoms with Gasteiger partial charge in [-0.15, -0.1) is 0 Å². The topological polar surface area (TPSA) is 72.4 Å². The van der Waals surface area contributed by atoms with E-state index in [2.05, 4.69) is 39.4 Å².